The van der Waals surface area contributed by atoms with Gasteiger partial charge in [0.15, 0.2) is 0 Å². The molecule has 1 aromatic heterocycles. The van der Waals surface area contributed by atoms with E-state index < -0.39 is 0 Å². The molecule has 0 spiro atoms. The quantitative estimate of drug-likeness (QED) is 0.545. The predicted molar refractivity (Wildman–Crippen MR) is 136 cm³/mol. The summed E-state index contributed by atoms with van der Waals surface area (Å²) in [6, 6.07) is 19.2. The molecule has 1 aliphatic heterocycles. The lowest BCUT2D eigenvalue weighted by Gasteiger charge is -2.22. The molecule has 0 saturated heterocycles. The molecule has 0 bridgehead atoms. The van der Waals surface area contributed by atoms with Crippen molar-refractivity contribution in [3.8, 4) is 5.75 Å². The molecule has 1 aliphatic rings. The van der Waals surface area contributed by atoms with Gasteiger partial charge in [-0.2, -0.15) is 4.57 Å². The number of likely N-dealkylation sites (N-methyl/N-ethyl adjacent to an activating group) is 1. The Morgan fingerprint density at radius 1 is 0.824 bits per heavy atom. The molecule has 0 N–H and O–H groups in total. The van der Waals surface area contributed by atoms with Crippen molar-refractivity contribution in [1.29, 1.82) is 0 Å². The first-order chi connectivity index (χ1) is 16.8. The van der Waals surface area contributed by atoms with Crippen LogP contribution in [0.4, 0.5) is 5.69 Å². The summed E-state index contributed by atoms with van der Waals surface area (Å²) in [4.78, 5) is 2.17. The summed E-state index contributed by atoms with van der Waals surface area (Å²) >= 11 is 0. The average Bonchev–Trinajstić information content (AvgIpc) is 2.87. The summed E-state index contributed by atoms with van der Waals surface area (Å²) < 4.78 is 25.3. The predicted octanol–water partition coefficient (Wildman–Crippen LogP) is 4.20. The summed E-state index contributed by atoms with van der Waals surface area (Å²) in [6.07, 6.45) is 4.32. The summed E-state index contributed by atoms with van der Waals surface area (Å²) in [5, 5.41) is 1.25. The van der Waals surface area contributed by atoms with E-state index in [0.29, 0.717) is 46.2 Å². The number of aryl methyl sites for hydroxylation is 1. The van der Waals surface area contributed by atoms with Crippen molar-refractivity contribution in [3.05, 3.63) is 65.9 Å². The van der Waals surface area contributed by atoms with Crippen LogP contribution in [-0.2, 0) is 20.8 Å². The lowest BCUT2D eigenvalue weighted by atomic mass is 10.1. The van der Waals surface area contributed by atoms with Crippen molar-refractivity contribution in [2.24, 2.45) is 0 Å². The van der Waals surface area contributed by atoms with Crippen LogP contribution in [0.3, 0.4) is 0 Å². The number of hydrogen-bond donors (Lipinski definition) is 0. The van der Waals surface area contributed by atoms with E-state index in [1.54, 1.807) is 0 Å². The van der Waals surface area contributed by atoms with Crippen molar-refractivity contribution in [2.75, 3.05) is 64.7 Å². The van der Waals surface area contributed by atoms with E-state index in [0.717, 1.165) is 30.1 Å². The number of para-hydroxylation sites is 1. The zero-order valence-corrected chi connectivity index (χ0v) is 20.2. The van der Waals surface area contributed by atoms with Crippen LogP contribution < -0.4 is 14.2 Å². The average molecular weight is 464 g/mol. The minimum absolute atomic E-state index is 0.491. The zero-order valence-electron chi connectivity index (χ0n) is 20.2. The van der Waals surface area contributed by atoms with Gasteiger partial charge in [0.05, 0.1) is 45.3 Å². The summed E-state index contributed by atoms with van der Waals surface area (Å²) in [7, 11) is 2.06. The first-order valence-electron chi connectivity index (χ1n) is 12.1. The van der Waals surface area contributed by atoms with E-state index in [2.05, 4.69) is 90.2 Å². The minimum Gasteiger partial charge on any atom is -0.489 e. The van der Waals surface area contributed by atoms with Gasteiger partial charge in [-0.3, -0.25) is 0 Å². The van der Waals surface area contributed by atoms with Gasteiger partial charge < -0.3 is 23.8 Å². The van der Waals surface area contributed by atoms with Gasteiger partial charge in [0.2, 0.25) is 11.2 Å². The number of pyridine rings is 1. The molecule has 6 nitrogen and oxygen atoms in total. The highest BCUT2D eigenvalue weighted by Gasteiger charge is 2.13. The van der Waals surface area contributed by atoms with Crippen LogP contribution in [-0.4, -0.2) is 59.8 Å². The molecular weight excluding hydrogens is 428 g/mol. The summed E-state index contributed by atoms with van der Waals surface area (Å²) in [5.74, 6) is 0.848. The van der Waals surface area contributed by atoms with E-state index >= 15 is 0 Å². The van der Waals surface area contributed by atoms with Gasteiger partial charge in [0.25, 0.3) is 0 Å². The second-order valence-electron chi connectivity index (χ2n) is 8.23. The zero-order chi connectivity index (χ0) is 23.6. The minimum atomic E-state index is 0.491. The van der Waals surface area contributed by atoms with Gasteiger partial charge in [-0.1, -0.05) is 18.2 Å². The van der Waals surface area contributed by atoms with Gasteiger partial charge in [0.1, 0.15) is 18.9 Å². The standard InChI is InChI=1S/C28H35N2O4/c1-3-30-25(12-10-24-6-4-5-7-26(24)30)11-8-23-9-13-27-28(22-23)34-21-20-33-19-18-32-17-16-31-15-14-29(27)2/h4-13,22H,3,14-21H2,1-2H3/q+1. The summed E-state index contributed by atoms with van der Waals surface area (Å²) in [6.45, 7) is 7.82. The number of nitrogens with zero attached hydrogens (tertiary/aromatic N) is 2. The van der Waals surface area contributed by atoms with E-state index in [1.807, 2.05) is 0 Å². The monoisotopic (exact) mass is 463 g/mol. The molecule has 0 aliphatic carbocycles. The smallest absolute Gasteiger partial charge is 0.212 e. The molecule has 2 aromatic carbocycles. The number of rotatable bonds is 3. The Morgan fingerprint density at radius 3 is 2.35 bits per heavy atom. The lowest BCUT2D eigenvalue weighted by Crippen LogP contribution is -2.36. The number of benzene rings is 2. The second kappa shape index (κ2) is 12.5. The molecule has 0 fully saturated rings. The van der Waals surface area contributed by atoms with Crippen LogP contribution in [0.2, 0.25) is 0 Å². The van der Waals surface area contributed by atoms with Crippen LogP contribution in [0.1, 0.15) is 18.2 Å². The third-order valence-corrected chi connectivity index (χ3v) is 5.93. The number of anilines is 1. The van der Waals surface area contributed by atoms with Crippen LogP contribution in [0, 0.1) is 0 Å². The maximum absolute atomic E-state index is 6.14. The third kappa shape index (κ3) is 6.35. The topological polar surface area (TPSA) is 44.0 Å². The van der Waals surface area contributed by atoms with Gasteiger partial charge in [-0.05, 0) is 42.8 Å². The fourth-order valence-corrected chi connectivity index (χ4v) is 4.10. The van der Waals surface area contributed by atoms with E-state index in [1.165, 1.54) is 16.6 Å². The van der Waals surface area contributed by atoms with Crippen LogP contribution >= 0.6 is 0 Å². The first-order valence-corrected chi connectivity index (χ1v) is 12.1. The Morgan fingerprint density at radius 2 is 1.56 bits per heavy atom. The molecule has 2 heterocycles. The van der Waals surface area contributed by atoms with E-state index in [9.17, 15) is 0 Å². The number of fused-ring (bicyclic) bond motifs is 2. The third-order valence-electron chi connectivity index (χ3n) is 5.93. The van der Waals surface area contributed by atoms with Crippen molar-refractivity contribution in [2.45, 2.75) is 13.5 Å². The SMILES string of the molecule is CC[n+]1c(/C=C/c2ccc3c(c2)OCCOCCOCCOCCN3C)ccc2ccccc21. The molecule has 6 heteroatoms. The Hall–Kier alpha value is -2.93. The van der Waals surface area contributed by atoms with Gasteiger partial charge in [0, 0.05) is 37.2 Å². The fraction of sp³-hybridized carbons (Fsp3) is 0.393. The van der Waals surface area contributed by atoms with Crippen molar-refractivity contribution in [3.63, 3.8) is 0 Å². The Labute approximate surface area is 202 Å². The molecule has 34 heavy (non-hydrogen) atoms. The molecule has 180 valence electrons. The molecule has 0 atom stereocenters. The number of hydrogen-bond acceptors (Lipinski definition) is 5. The molecule has 0 radical (unpaired) electrons. The van der Waals surface area contributed by atoms with Crippen LogP contribution in [0.5, 0.6) is 5.75 Å². The normalized spacial score (nSPS) is 16.6. The Kier molecular flexibility index (Phi) is 8.90. The number of ether oxygens (including phenoxy) is 4. The van der Waals surface area contributed by atoms with Crippen molar-refractivity contribution < 1.29 is 23.5 Å². The number of aromatic nitrogens is 1. The lowest BCUT2D eigenvalue weighted by molar-refractivity contribution is -0.669. The molecular formula is C28H35N2O4+. The fourth-order valence-electron chi connectivity index (χ4n) is 4.10. The van der Waals surface area contributed by atoms with E-state index in [4.69, 9.17) is 18.9 Å². The van der Waals surface area contributed by atoms with Crippen LogP contribution in [0.15, 0.2) is 54.6 Å². The molecule has 0 amide bonds. The highest BCUT2D eigenvalue weighted by molar-refractivity contribution is 5.77. The second-order valence-corrected chi connectivity index (χ2v) is 8.23. The van der Waals surface area contributed by atoms with Gasteiger partial charge >= 0.3 is 0 Å². The largest absolute Gasteiger partial charge is 0.489 e. The van der Waals surface area contributed by atoms with Gasteiger partial charge in [-0.15, -0.1) is 0 Å². The Bertz CT molecular complexity index is 1100. The molecule has 4 rings (SSSR count). The maximum atomic E-state index is 6.14. The first kappa shape index (κ1) is 24.2. The molecule has 0 unspecified atom stereocenters. The summed E-state index contributed by atoms with van der Waals surface area (Å²) in [5.41, 5.74) is 4.54. The van der Waals surface area contributed by atoms with Gasteiger partial charge in [-0.25, -0.2) is 0 Å². The van der Waals surface area contributed by atoms with Crippen LogP contribution in [0.25, 0.3) is 23.1 Å². The highest BCUT2D eigenvalue weighted by Crippen LogP contribution is 2.29. The maximum Gasteiger partial charge on any atom is 0.212 e. The van der Waals surface area contributed by atoms with E-state index in [-0.39, 0.29) is 0 Å². The highest BCUT2D eigenvalue weighted by atomic mass is 16.6. The van der Waals surface area contributed by atoms with Crippen molar-refractivity contribution in [1.82, 2.24) is 0 Å². The molecule has 0 saturated carbocycles. The van der Waals surface area contributed by atoms with Crippen molar-refractivity contribution >= 4 is 28.7 Å². The Balaban J connectivity index is 1.56. The molecule has 3 aromatic rings.